The molecule has 2 aliphatic heterocycles. The number of rotatable bonds is 6. The number of hydrogen-bond acceptors (Lipinski definition) is 6. The summed E-state index contributed by atoms with van der Waals surface area (Å²) < 4.78 is 16.9. The summed E-state index contributed by atoms with van der Waals surface area (Å²) in [6.07, 6.45) is -0.341. The van der Waals surface area contributed by atoms with E-state index in [4.69, 9.17) is 14.2 Å². The highest BCUT2D eigenvalue weighted by molar-refractivity contribution is 6.34. The quantitative estimate of drug-likeness (QED) is 0.569. The lowest BCUT2D eigenvalue weighted by Crippen LogP contribution is -2.40. The SMILES string of the molecule is CCOc1ccc(N2C(=O)c3ccc(C(=O)NCC4COc5ccccc5O4)cc3C2=O)cc1. The Bertz CT molecular complexity index is 1270. The van der Waals surface area contributed by atoms with Gasteiger partial charge >= 0.3 is 0 Å². The van der Waals surface area contributed by atoms with Gasteiger partial charge in [0, 0.05) is 5.56 Å². The number of nitrogens with one attached hydrogen (secondary N) is 1. The lowest BCUT2D eigenvalue weighted by Gasteiger charge is -2.26. The van der Waals surface area contributed by atoms with Gasteiger partial charge in [0.1, 0.15) is 18.5 Å². The first kappa shape index (κ1) is 21.5. The van der Waals surface area contributed by atoms with E-state index in [-0.39, 0.29) is 35.2 Å². The maximum atomic E-state index is 13.0. The van der Waals surface area contributed by atoms with Gasteiger partial charge in [-0.05, 0) is 61.5 Å². The molecule has 34 heavy (non-hydrogen) atoms. The average molecular weight is 458 g/mol. The number of carbonyl (C=O) groups excluding carboxylic acids is 3. The number of benzene rings is 3. The van der Waals surface area contributed by atoms with Gasteiger partial charge in [-0.15, -0.1) is 0 Å². The predicted octanol–water partition coefficient (Wildman–Crippen LogP) is 3.46. The predicted molar refractivity (Wildman–Crippen MR) is 124 cm³/mol. The van der Waals surface area contributed by atoms with Gasteiger partial charge in [0.2, 0.25) is 0 Å². The standard InChI is InChI=1S/C26H22N2O6/c1-2-32-18-10-8-17(9-11-18)28-25(30)20-12-7-16(13-21(20)26(28)31)24(29)27-14-19-15-33-22-5-3-4-6-23(22)34-19/h3-13,19H,2,14-15H2,1H3,(H,27,29). The van der Waals surface area contributed by atoms with Gasteiger partial charge in [-0.2, -0.15) is 0 Å². The summed E-state index contributed by atoms with van der Waals surface area (Å²) in [4.78, 5) is 39.7. The molecule has 2 aliphatic rings. The third-order valence-electron chi connectivity index (χ3n) is 5.61. The number of hydrogen-bond donors (Lipinski definition) is 1. The second-order valence-corrected chi connectivity index (χ2v) is 7.84. The Morgan fingerprint density at radius 3 is 2.50 bits per heavy atom. The molecule has 0 radical (unpaired) electrons. The Labute approximate surface area is 196 Å². The van der Waals surface area contributed by atoms with Crippen molar-refractivity contribution in [2.75, 3.05) is 24.7 Å². The third kappa shape index (κ3) is 3.94. The highest BCUT2D eigenvalue weighted by Crippen LogP contribution is 2.31. The van der Waals surface area contributed by atoms with E-state index < -0.39 is 11.8 Å². The molecule has 3 aromatic carbocycles. The van der Waals surface area contributed by atoms with E-state index in [2.05, 4.69) is 5.32 Å². The van der Waals surface area contributed by atoms with E-state index in [9.17, 15) is 14.4 Å². The molecule has 3 amide bonds. The summed E-state index contributed by atoms with van der Waals surface area (Å²) in [5, 5.41) is 2.81. The van der Waals surface area contributed by atoms with Gasteiger partial charge in [-0.3, -0.25) is 14.4 Å². The van der Waals surface area contributed by atoms with Gasteiger partial charge in [0.15, 0.2) is 11.5 Å². The van der Waals surface area contributed by atoms with E-state index in [1.807, 2.05) is 31.2 Å². The van der Waals surface area contributed by atoms with Crippen molar-refractivity contribution in [2.45, 2.75) is 13.0 Å². The molecule has 2 heterocycles. The van der Waals surface area contributed by atoms with Crippen molar-refractivity contribution in [3.63, 3.8) is 0 Å². The number of anilines is 1. The van der Waals surface area contributed by atoms with Gasteiger partial charge in [0.25, 0.3) is 17.7 Å². The largest absolute Gasteiger partial charge is 0.494 e. The zero-order valence-electron chi connectivity index (χ0n) is 18.4. The Kier molecular flexibility index (Phi) is 5.63. The average Bonchev–Trinajstić information content (AvgIpc) is 3.12. The van der Waals surface area contributed by atoms with Crippen molar-refractivity contribution in [1.82, 2.24) is 5.32 Å². The zero-order chi connectivity index (χ0) is 23.7. The minimum atomic E-state index is -0.473. The number of nitrogens with zero attached hydrogens (tertiary/aromatic N) is 1. The summed E-state index contributed by atoms with van der Waals surface area (Å²) in [5.41, 5.74) is 1.18. The normalized spacial score (nSPS) is 16.3. The minimum absolute atomic E-state index is 0.192. The van der Waals surface area contributed by atoms with Crippen LogP contribution in [0.3, 0.4) is 0 Å². The molecular formula is C26H22N2O6. The van der Waals surface area contributed by atoms with Crippen molar-refractivity contribution in [3.8, 4) is 17.2 Å². The number of ether oxygens (including phenoxy) is 3. The van der Waals surface area contributed by atoms with Crippen LogP contribution < -0.4 is 24.4 Å². The van der Waals surface area contributed by atoms with E-state index in [0.717, 1.165) is 4.90 Å². The van der Waals surface area contributed by atoms with Crippen molar-refractivity contribution >= 4 is 23.4 Å². The molecule has 0 spiro atoms. The van der Waals surface area contributed by atoms with Gasteiger partial charge < -0.3 is 19.5 Å². The minimum Gasteiger partial charge on any atom is -0.494 e. The Morgan fingerprint density at radius 1 is 1.00 bits per heavy atom. The summed E-state index contributed by atoms with van der Waals surface area (Å²) in [6, 6.07) is 18.6. The molecule has 0 saturated carbocycles. The van der Waals surface area contributed by atoms with E-state index in [0.29, 0.717) is 36.1 Å². The second-order valence-electron chi connectivity index (χ2n) is 7.84. The molecule has 172 valence electrons. The van der Waals surface area contributed by atoms with Crippen LogP contribution in [0.5, 0.6) is 17.2 Å². The smallest absolute Gasteiger partial charge is 0.266 e. The zero-order valence-corrected chi connectivity index (χ0v) is 18.4. The summed E-state index contributed by atoms with van der Waals surface area (Å²) >= 11 is 0. The van der Waals surface area contributed by atoms with E-state index in [1.54, 1.807) is 24.3 Å². The molecular weight excluding hydrogens is 436 g/mol. The van der Waals surface area contributed by atoms with E-state index in [1.165, 1.54) is 18.2 Å². The Balaban J connectivity index is 1.27. The van der Waals surface area contributed by atoms with Crippen LogP contribution in [-0.4, -0.2) is 43.6 Å². The van der Waals surface area contributed by atoms with Crippen LogP contribution in [0.25, 0.3) is 0 Å². The second kappa shape index (κ2) is 8.90. The Hall–Kier alpha value is -4.33. The van der Waals surface area contributed by atoms with Crippen LogP contribution in [0.1, 0.15) is 38.0 Å². The lowest BCUT2D eigenvalue weighted by atomic mass is 10.1. The molecule has 0 fully saturated rings. The summed E-state index contributed by atoms with van der Waals surface area (Å²) in [7, 11) is 0. The van der Waals surface area contributed by atoms with Crippen LogP contribution >= 0.6 is 0 Å². The highest BCUT2D eigenvalue weighted by atomic mass is 16.6. The van der Waals surface area contributed by atoms with Crippen LogP contribution in [0.4, 0.5) is 5.69 Å². The number of carbonyl (C=O) groups is 3. The fourth-order valence-corrected chi connectivity index (χ4v) is 3.95. The molecule has 0 saturated heterocycles. The fraction of sp³-hybridized carbons (Fsp3) is 0.192. The van der Waals surface area contributed by atoms with Gasteiger partial charge in [-0.1, -0.05) is 12.1 Å². The fourth-order valence-electron chi connectivity index (χ4n) is 3.95. The van der Waals surface area contributed by atoms with Crippen molar-refractivity contribution in [1.29, 1.82) is 0 Å². The topological polar surface area (TPSA) is 94.2 Å². The maximum Gasteiger partial charge on any atom is 0.266 e. The van der Waals surface area contributed by atoms with Gasteiger partial charge in [0.05, 0.1) is 30.0 Å². The van der Waals surface area contributed by atoms with Crippen molar-refractivity contribution in [3.05, 3.63) is 83.4 Å². The number of fused-ring (bicyclic) bond motifs is 2. The molecule has 5 rings (SSSR count). The number of para-hydroxylation sites is 2. The van der Waals surface area contributed by atoms with Crippen LogP contribution in [-0.2, 0) is 0 Å². The maximum absolute atomic E-state index is 13.0. The molecule has 8 nitrogen and oxygen atoms in total. The van der Waals surface area contributed by atoms with E-state index >= 15 is 0 Å². The first-order chi connectivity index (χ1) is 16.5. The molecule has 8 heteroatoms. The summed E-state index contributed by atoms with van der Waals surface area (Å²) in [5.74, 6) is 0.678. The number of imide groups is 1. The lowest BCUT2D eigenvalue weighted by molar-refractivity contribution is 0.0789. The first-order valence-corrected chi connectivity index (χ1v) is 11.0. The molecule has 0 aliphatic carbocycles. The van der Waals surface area contributed by atoms with Crippen molar-refractivity contribution < 1.29 is 28.6 Å². The highest BCUT2D eigenvalue weighted by Gasteiger charge is 2.37. The third-order valence-corrected chi connectivity index (χ3v) is 5.61. The van der Waals surface area contributed by atoms with Gasteiger partial charge in [-0.25, -0.2) is 4.90 Å². The summed E-state index contributed by atoms with van der Waals surface area (Å²) in [6.45, 7) is 2.94. The van der Waals surface area contributed by atoms with Crippen molar-refractivity contribution in [2.24, 2.45) is 0 Å². The molecule has 0 bridgehead atoms. The molecule has 0 aromatic heterocycles. The number of amides is 3. The van der Waals surface area contributed by atoms with Crippen LogP contribution in [0, 0.1) is 0 Å². The Morgan fingerprint density at radius 2 is 1.74 bits per heavy atom. The molecule has 3 aromatic rings. The van der Waals surface area contributed by atoms with Crippen LogP contribution in [0.2, 0.25) is 0 Å². The molecule has 1 unspecified atom stereocenters. The monoisotopic (exact) mass is 458 g/mol. The van der Waals surface area contributed by atoms with Crippen LogP contribution in [0.15, 0.2) is 66.7 Å². The molecule has 1 N–H and O–H groups in total. The molecule has 1 atom stereocenters. The first-order valence-electron chi connectivity index (χ1n) is 11.0.